The first-order valence-corrected chi connectivity index (χ1v) is 7.14. The lowest BCUT2D eigenvalue weighted by Gasteiger charge is -2.18. The van der Waals surface area contributed by atoms with Crippen LogP contribution in [0.2, 0.25) is 0 Å². The zero-order valence-corrected chi connectivity index (χ0v) is 12.1. The minimum Gasteiger partial charge on any atom is -0.392 e. The molecule has 0 bridgehead atoms. The van der Waals surface area contributed by atoms with Gasteiger partial charge in [0, 0.05) is 19.2 Å². The summed E-state index contributed by atoms with van der Waals surface area (Å²) >= 11 is 0. The lowest BCUT2D eigenvalue weighted by Crippen LogP contribution is -2.28. The second-order valence-corrected chi connectivity index (χ2v) is 6.63. The van der Waals surface area contributed by atoms with Crippen LogP contribution in [0.4, 0.5) is 4.39 Å². The second kappa shape index (κ2) is 5.81. The molecule has 0 atom stereocenters. The summed E-state index contributed by atoms with van der Waals surface area (Å²) in [4.78, 5) is -0.0285. The topological polar surface area (TPSA) is 57.6 Å². The van der Waals surface area contributed by atoms with Crippen molar-refractivity contribution in [2.24, 2.45) is 0 Å². The van der Waals surface area contributed by atoms with Gasteiger partial charge in [-0.3, -0.25) is 0 Å². The molecule has 0 aliphatic heterocycles. The van der Waals surface area contributed by atoms with E-state index >= 15 is 0 Å². The van der Waals surface area contributed by atoms with Gasteiger partial charge in [-0.1, -0.05) is 12.2 Å². The lowest BCUT2D eigenvalue weighted by molar-refractivity contribution is 0.275. The van der Waals surface area contributed by atoms with Gasteiger partial charge in [0.25, 0.3) is 0 Å². The minimum absolute atomic E-state index is 0.0256. The van der Waals surface area contributed by atoms with Crippen LogP contribution in [0.15, 0.2) is 29.2 Å². The van der Waals surface area contributed by atoms with Gasteiger partial charge in [0.2, 0.25) is 10.0 Å². The molecule has 4 nitrogen and oxygen atoms in total. The fourth-order valence-corrected chi connectivity index (χ4v) is 3.08. The summed E-state index contributed by atoms with van der Waals surface area (Å²) < 4.78 is 39.3. The third kappa shape index (κ3) is 3.40. The van der Waals surface area contributed by atoms with Gasteiger partial charge < -0.3 is 5.11 Å². The van der Waals surface area contributed by atoms with E-state index in [1.54, 1.807) is 6.92 Å². The number of hydrogen-bond acceptors (Lipinski definition) is 3. The molecule has 0 spiro atoms. The number of sulfonamides is 1. The molecule has 1 rings (SSSR count). The number of hydrogen-bond donors (Lipinski definition) is 1. The highest BCUT2D eigenvalue weighted by molar-refractivity contribution is 7.89. The van der Waals surface area contributed by atoms with Crippen molar-refractivity contribution in [2.45, 2.75) is 25.3 Å². The fourth-order valence-electron chi connectivity index (χ4n) is 1.72. The SMILES string of the molecule is C=C(C)CN(C)S(=O)(=O)c1cc(C)c(F)c(CO)c1. The Morgan fingerprint density at radius 3 is 2.53 bits per heavy atom. The van der Waals surface area contributed by atoms with E-state index in [2.05, 4.69) is 6.58 Å². The predicted molar refractivity (Wildman–Crippen MR) is 71.7 cm³/mol. The molecule has 1 aromatic carbocycles. The van der Waals surface area contributed by atoms with Crippen molar-refractivity contribution in [3.8, 4) is 0 Å². The quantitative estimate of drug-likeness (QED) is 0.840. The Morgan fingerprint density at radius 1 is 1.47 bits per heavy atom. The lowest BCUT2D eigenvalue weighted by atomic mass is 10.1. The molecule has 0 fully saturated rings. The van der Waals surface area contributed by atoms with Gasteiger partial charge >= 0.3 is 0 Å². The summed E-state index contributed by atoms with van der Waals surface area (Å²) in [5, 5.41) is 9.05. The number of rotatable bonds is 5. The van der Waals surface area contributed by atoms with Gasteiger partial charge in [-0.15, -0.1) is 0 Å². The standard InChI is InChI=1S/C13H18FNO3S/c1-9(2)7-15(4)19(17,18)12-5-10(3)13(14)11(6-12)8-16/h5-6,16H,1,7-8H2,2-4H3. The molecular weight excluding hydrogens is 269 g/mol. The predicted octanol–water partition coefficient (Wildman–Crippen LogP) is 1.82. The molecule has 0 saturated carbocycles. The summed E-state index contributed by atoms with van der Waals surface area (Å²) in [7, 11) is -2.28. The fraction of sp³-hybridized carbons (Fsp3) is 0.385. The Morgan fingerprint density at radius 2 is 2.05 bits per heavy atom. The van der Waals surface area contributed by atoms with Gasteiger partial charge in [0.15, 0.2) is 0 Å². The Labute approximate surface area is 113 Å². The Bertz CT molecular complexity index is 596. The van der Waals surface area contributed by atoms with Crippen molar-refractivity contribution in [3.05, 3.63) is 41.2 Å². The number of nitrogens with zero attached hydrogens (tertiary/aromatic N) is 1. The van der Waals surface area contributed by atoms with Gasteiger partial charge in [-0.25, -0.2) is 12.8 Å². The number of halogens is 1. The zero-order valence-electron chi connectivity index (χ0n) is 11.3. The highest BCUT2D eigenvalue weighted by Gasteiger charge is 2.22. The van der Waals surface area contributed by atoms with Crippen LogP contribution in [0.5, 0.6) is 0 Å². The van der Waals surface area contributed by atoms with E-state index in [9.17, 15) is 12.8 Å². The first kappa shape index (κ1) is 15.8. The van der Waals surface area contributed by atoms with Crippen molar-refractivity contribution in [1.82, 2.24) is 4.31 Å². The molecule has 0 saturated heterocycles. The van der Waals surface area contributed by atoms with Crippen molar-refractivity contribution < 1.29 is 17.9 Å². The minimum atomic E-state index is -3.71. The average molecular weight is 287 g/mol. The molecule has 0 amide bonds. The molecule has 106 valence electrons. The van der Waals surface area contributed by atoms with Gasteiger partial charge in [0.1, 0.15) is 5.82 Å². The second-order valence-electron chi connectivity index (χ2n) is 4.59. The number of benzene rings is 1. The van der Waals surface area contributed by atoms with Gasteiger partial charge in [0.05, 0.1) is 11.5 Å². The smallest absolute Gasteiger partial charge is 0.243 e. The molecule has 19 heavy (non-hydrogen) atoms. The summed E-state index contributed by atoms with van der Waals surface area (Å²) in [6.07, 6.45) is 0. The molecular formula is C13H18FNO3S. The zero-order chi connectivity index (χ0) is 14.8. The highest BCUT2D eigenvalue weighted by Crippen LogP contribution is 2.22. The average Bonchev–Trinajstić information content (AvgIpc) is 2.31. The van der Waals surface area contributed by atoms with E-state index in [1.807, 2.05) is 0 Å². The number of aryl methyl sites for hydroxylation is 1. The Kier molecular flexibility index (Phi) is 4.84. The third-order valence-corrected chi connectivity index (χ3v) is 4.46. The van der Waals surface area contributed by atoms with Gasteiger partial charge in [-0.2, -0.15) is 4.31 Å². The van der Waals surface area contributed by atoms with Crippen molar-refractivity contribution in [3.63, 3.8) is 0 Å². The first-order chi connectivity index (χ1) is 8.70. The van der Waals surface area contributed by atoms with Crippen LogP contribution in [0, 0.1) is 12.7 Å². The van der Waals surface area contributed by atoms with Crippen LogP contribution < -0.4 is 0 Å². The number of aliphatic hydroxyl groups excluding tert-OH is 1. The number of likely N-dealkylation sites (N-methyl/N-ethyl adjacent to an activating group) is 1. The molecule has 0 radical (unpaired) electrons. The van der Waals surface area contributed by atoms with Crippen LogP contribution in [0.25, 0.3) is 0 Å². The molecule has 0 aliphatic rings. The molecule has 1 N–H and O–H groups in total. The van der Waals surface area contributed by atoms with Crippen LogP contribution >= 0.6 is 0 Å². The van der Waals surface area contributed by atoms with Crippen LogP contribution in [0.1, 0.15) is 18.1 Å². The highest BCUT2D eigenvalue weighted by atomic mass is 32.2. The Hall–Kier alpha value is -1.24. The molecule has 0 aliphatic carbocycles. The Balaban J connectivity index is 3.29. The molecule has 0 heterocycles. The van der Waals surface area contributed by atoms with Crippen LogP contribution in [-0.2, 0) is 16.6 Å². The van der Waals surface area contributed by atoms with E-state index in [1.165, 1.54) is 20.0 Å². The molecule has 6 heteroatoms. The summed E-state index contributed by atoms with van der Waals surface area (Å²) in [5.74, 6) is -0.580. The molecule has 0 unspecified atom stereocenters. The third-order valence-electron chi connectivity index (χ3n) is 2.67. The maximum atomic E-state index is 13.6. The monoisotopic (exact) mass is 287 g/mol. The van der Waals surface area contributed by atoms with E-state index in [0.717, 1.165) is 10.4 Å². The maximum Gasteiger partial charge on any atom is 0.243 e. The van der Waals surface area contributed by atoms with Crippen LogP contribution in [0.3, 0.4) is 0 Å². The van der Waals surface area contributed by atoms with E-state index in [-0.39, 0.29) is 22.6 Å². The van der Waals surface area contributed by atoms with E-state index in [0.29, 0.717) is 5.57 Å². The van der Waals surface area contributed by atoms with Crippen molar-refractivity contribution in [1.29, 1.82) is 0 Å². The van der Waals surface area contributed by atoms with E-state index in [4.69, 9.17) is 5.11 Å². The normalized spacial score (nSPS) is 11.9. The van der Waals surface area contributed by atoms with Gasteiger partial charge in [-0.05, 0) is 31.5 Å². The molecule has 0 aromatic heterocycles. The van der Waals surface area contributed by atoms with E-state index < -0.39 is 22.4 Å². The first-order valence-electron chi connectivity index (χ1n) is 5.70. The van der Waals surface area contributed by atoms with Crippen LogP contribution in [-0.4, -0.2) is 31.4 Å². The summed E-state index contributed by atoms with van der Waals surface area (Å²) in [6, 6.07) is 2.42. The van der Waals surface area contributed by atoms with Crippen molar-refractivity contribution in [2.75, 3.05) is 13.6 Å². The molecule has 1 aromatic rings. The number of aliphatic hydroxyl groups is 1. The largest absolute Gasteiger partial charge is 0.392 e. The maximum absolute atomic E-state index is 13.6. The summed E-state index contributed by atoms with van der Waals surface area (Å²) in [6.45, 7) is 6.50. The van der Waals surface area contributed by atoms with Crippen molar-refractivity contribution >= 4 is 10.0 Å². The summed E-state index contributed by atoms with van der Waals surface area (Å²) in [5.41, 5.74) is 0.864.